The first-order valence-electron chi connectivity index (χ1n) is 7.69. The maximum Gasteiger partial charge on any atom is 0.309 e. The van der Waals surface area contributed by atoms with Crippen molar-refractivity contribution in [2.24, 2.45) is 5.92 Å². The van der Waals surface area contributed by atoms with Crippen LogP contribution in [0.4, 0.5) is 5.69 Å². The third-order valence-corrected chi connectivity index (χ3v) is 4.37. The summed E-state index contributed by atoms with van der Waals surface area (Å²) in [6, 6.07) is 7.97. The van der Waals surface area contributed by atoms with Gasteiger partial charge in [0.1, 0.15) is 0 Å². The average molecular weight is 303 g/mol. The van der Waals surface area contributed by atoms with Gasteiger partial charge in [0.15, 0.2) is 0 Å². The lowest BCUT2D eigenvalue weighted by atomic mass is 10.1. The highest BCUT2D eigenvalue weighted by Crippen LogP contribution is 2.27. The number of fused-ring (bicyclic) bond motifs is 1. The Hall–Kier alpha value is -1.92. The molecule has 2 heterocycles. The van der Waals surface area contributed by atoms with E-state index in [1.54, 1.807) is 0 Å². The summed E-state index contributed by atoms with van der Waals surface area (Å²) >= 11 is 0. The molecule has 6 heteroatoms. The van der Waals surface area contributed by atoms with E-state index in [2.05, 4.69) is 11.4 Å². The number of benzene rings is 1. The first-order valence-corrected chi connectivity index (χ1v) is 7.69. The number of para-hydroxylation sites is 1. The quantitative estimate of drug-likeness (QED) is 0.833. The van der Waals surface area contributed by atoms with Crippen LogP contribution in [0.3, 0.4) is 0 Å². The minimum atomic E-state index is -0.807. The van der Waals surface area contributed by atoms with Gasteiger partial charge in [0, 0.05) is 38.4 Å². The number of rotatable bonds is 3. The Morgan fingerprint density at radius 3 is 2.91 bits per heavy atom. The van der Waals surface area contributed by atoms with Crippen LogP contribution in [-0.2, 0) is 16.0 Å². The van der Waals surface area contributed by atoms with Gasteiger partial charge in [-0.3, -0.25) is 14.5 Å². The SMILES string of the molecule is O=C(O)[C@@H]1CNCCN(CC(=O)N2CCc3ccccc32)C1. The van der Waals surface area contributed by atoms with Crippen molar-refractivity contribution in [3.63, 3.8) is 0 Å². The fourth-order valence-electron chi connectivity index (χ4n) is 3.16. The van der Waals surface area contributed by atoms with Gasteiger partial charge in [-0.15, -0.1) is 0 Å². The molecule has 0 spiro atoms. The first kappa shape index (κ1) is 15.0. The van der Waals surface area contributed by atoms with Gasteiger partial charge < -0.3 is 15.3 Å². The molecule has 1 saturated heterocycles. The van der Waals surface area contributed by atoms with Gasteiger partial charge in [-0.05, 0) is 18.1 Å². The molecule has 0 aliphatic carbocycles. The third-order valence-electron chi connectivity index (χ3n) is 4.37. The maximum absolute atomic E-state index is 12.6. The number of hydrogen-bond acceptors (Lipinski definition) is 4. The highest BCUT2D eigenvalue weighted by Gasteiger charge is 2.28. The van der Waals surface area contributed by atoms with Crippen LogP contribution in [0.15, 0.2) is 24.3 Å². The van der Waals surface area contributed by atoms with E-state index < -0.39 is 11.9 Å². The van der Waals surface area contributed by atoms with Crippen molar-refractivity contribution in [1.29, 1.82) is 0 Å². The van der Waals surface area contributed by atoms with E-state index in [0.717, 1.165) is 12.1 Å². The van der Waals surface area contributed by atoms with Gasteiger partial charge >= 0.3 is 5.97 Å². The molecule has 118 valence electrons. The van der Waals surface area contributed by atoms with Crippen molar-refractivity contribution in [2.45, 2.75) is 6.42 Å². The molecular formula is C16H21N3O3. The van der Waals surface area contributed by atoms with Crippen molar-refractivity contribution in [2.75, 3.05) is 44.2 Å². The van der Waals surface area contributed by atoms with E-state index in [9.17, 15) is 14.7 Å². The van der Waals surface area contributed by atoms with E-state index in [-0.39, 0.29) is 12.5 Å². The third kappa shape index (κ3) is 3.13. The van der Waals surface area contributed by atoms with Crippen molar-refractivity contribution in [3.05, 3.63) is 29.8 Å². The summed E-state index contributed by atoms with van der Waals surface area (Å²) in [6.45, 7) is 3.29. The van der Waals surface area contributed by atoms with Crippen LogP contribution in [0.25, 0.3) is 0 Å². The Bertz CT molecular complexity index is 576. The van der Waals surface area contributed by atoms with E-state index in [0.29, 0.717) is 32.7 Å². The van der Waals surface area contributed by atoms with Gasteiger partial charge in [0.2, 0.25) is 5.91 Å². The molecule has 2 N–H and O–H groups in total. The molecule has 6 nitrogen and oxygen atoms in total. The van der Waals surface area contributed by atoms with E-state index in [1.807, 2.05) is 28.0 Å². The van der Waals surface area contributed by atoms with Crippen LogP contribution in [0.5, 0.6) is 0 Å². The Balaban J connectivity index is 1.65. The summed E-state index contributed by atoms with van der Waals surface area (Å²) in [5, 5.41) is 12.3. The lowest BCUT2D eigenvalue weighted by Gasteiger charge is -2.25. The van der Waals surface area contributed by atoms with Crippen molar-refractivity contribution < 1.29 is 14.7 Å². The molecule has 0 unspecified atom stereocenters. The molecule has 2 aliphatic rings. The smallest absolute Gasteiger partial charge is 0.309 e. The second-order valence-electron chi connectivity index (χ2n) is 5.90. The summed E-state index contributed by atoms with van der Waals surface area (Å²) < 4.78 is 0. The lowest BCUT2D eigenvalue weighted by Crippen LogP contribution is -2.42. The highest BCUT2D eigenvalue weighted by atomic mass is 16.4. The largest absolute Gasteiger partial charge is 0.481 e. The van der Waals surface area contributed by atoms with Crippen LogP contribution >= 0.6 is 0 Å². The zero-order chi connectivity index (χ0) is 15.5. The molecule has 22 heavy (non-hydrogen) atoms. The number of carbonyl (C=O) groups excluding carboxylic acids is 1. The zero-order valence-electron chi connectivity index (χ0n) is 12.5. The molecule has 0 saturated carbocycles. The minimum absolute atomic E-state index is 0.0518. The Morgan fingerprint density at radius 1 is 1.27 bits per heavy atom. The number of carboxylic acid groups (broad SMARTS) is 1. The fraction of sp³-hybridized carbons (Fsp3) is 0.500. The van der Waals surface area contributed by atoms with Crippen LogP contribution in [0, 0.1) is 5.92 Å². The summed E-state index contributed by atoms with van der Waals surface area (Å²) in [7, 11) is 0. The number of nitrogens with one attached hydrogen (secondary N) is 1. The second-order valence-corrected chi connectivity index (χ2v) is 5.90. The summed E-state index contributed by atoms with van der Waals surface area (Å²) in [5.41, 5.74) is 2.20. The summed E-state index contributed by atoms with van der Waals surface area (Å²) in [4.78, 5) is 27.5. The number of aliphatic carboxylic acids is 1. The number of anilines is 1. The van der Waals surface area contributed by atoms with E-state index in [4.69, 9.17) is 0 Å². The van der Waals surface area contributed by atoms with Crippen LogP contribution < -0.4 is 10.2 Å². The molecule has 1 aromatic carbocycles. The van der Waals surface area contributed by atoms with Crippen molar-refractivity contribution in [3.8, 4) is 0 Å². The molecule has 0 radical (unpaired) electrons. The zero-order valence-corrected chi connectivity index (χ0v) is 12.5. The van der Waals surface area contributed by atoms with E-state index >= 15 is 0 Å². The summed E-state index contributed by atoms with van der Waals surface area (Å²) in [5.74, 6) is -1.21. The molecule has 3 rings (SSSR count). The molecule has 1 amide bonds. The number of hydrogen-bond donors (Lipinski definition) is 2. The minimum Gasteiger partial charge on any atom is -0.481 e. The molecule has 2 aliphatic heterocycles. The van der Waals surface area contributed by atoms with Gasteiger partial charge in [-0.1, -0.05) is 18.2 Å². The van der Waals surface area contributed by atoms with E-state index in [1.165, 1.54) is 5.56 Å². The fourth-order valence-corrected chi connectivity index (χ4v) is 3.16. The average Bonchev–Trinajstić information content (AvgIpc) is 2.80. The number of carbonyl (C=O) groups is 2. The standard InChI is InChI=1S/C16H21N3O3/c20-15(19-7-5-12-3-1-2-4-14(12)19)11-18-8-6-17-9-13(10-18)16(21)22/h1-4,13,17H,5-11H2,(H,21,22)/t13-/m1/s1. The predicted molar refractivity (Wildman–Crippen MR) is 82.9 cm³/mol. The van der Waals surface area contributed by atoms with Gasteiger partial charge in [-0.25, -0.2) is 0 Å². The monoisotopic (exact) mass is 303 g/mol. The predicted octanol–water partition coefficient (Wildman–Crippen LogP) is 0.182. The second kappa shape index (κ2) is 6.46. The number of carboxylic acids is 1. The molecule has 0 aromatic heterocycles. The maximum atomic E-state index is 12.6. The number of nitrogens with zero attached hydrogens (tertiary/aromatic N) is 2. The van der Waals surface area contributed by atoms with Crippen LogP contribution in [-0.4, -0.2) is 61.2 Å². The van der Waals surface area contributed by atoms with Gasteiger partial charge in [0.05, 0.1) is 12.5 Å². The lowest BCUT2D eigenvalue weighted by molar-refractivity contribution is -0.142. The van der Waals surface area contributed by atoms with Crippen LogP contribution in [0.2, 0.25) is 0 Å². The first-order chi connectivity index (χ1) is 10.6. The topological polar surface area (TPSA) is 72.9 Å². The molecule has 1 fully saturated rings. The molecule has 1 aromatic rings. The Morgan fingerprint density at radius 2 is 2.09 bits per heavy atom. The van der Waals surface area contributed by atoms with Gasteiger partial charge in [-0.2, -0.15) is 0 Å². The summed E-state index contributed by atoms with van der Waals surface area (Å²) in [6.07, 6.45) is 0.890. The Labute approximate surface area is 129 Å². The number of amides is 1. The van der Waals surface area contributed by atoms with Crippen molar-refractivity contribution >= 4 is 17.6 Å². The van der Waals surface area contributed by atoms with Crippen molar-refractivity contribution in [1.82, 2.24) is 10.2 Å². The van der Waals surface area contributed by atoms with Gasteiger partial charge in [0.25, 0.3) is 0 Å². The normalized spacial score (nSPS) is 22.2. The molecule has 0 bridgehead atoms. The van der Waals surface area contributed by atoms with Crippen LogP contribution in [0.1, 0.15) is 5.56 Å². The molecule has 1 atom stereocenters. The Kier molecular flexibility index (Phi) is 4.40. The highest BCUT2D eigenvalue weighted by molar-refractivity contribution is 5.96. The molecular weight excluding hydrogens is 282 g/mol.